The molecule has 7 N–H and O–H groups in total. The van der Waals surface area contributed by atoms with E-state index in [1.165, 1.54) is 18.7 Å². The minimum absolute atomic E-state index is 0.00222. The van der Waals surface area contributed by atoms with Gasteiger partial charge in [0.25, 0.3) is 0 Å². The first-order valence-electron chi connectivity index (χ1n) is 9.95. The molecular formula is C23H19N5O4S. The number of carbonyl (C=O) groups is 2. The number of nitrogens with zero attached hydrogens (tertiary/aromatic N) is 2. The van der Waals surface area contributed by atoms with E-state index in [0.717, 1.165) is 11.3 Å². The lowest BCUT2D eigenvalue weighted by Gasteiger charge is -2.37. The number of hydrogen-bond acceptors (Lipinski definition) is 9. The molecule has 0 saturated heterocycles. The van der Waals surface area contributed by atoms with Crippen molar-refractivity contribution in [2.75, 3.05) is 5.73 Å². The van der Waals surface area contributed by atoms with Crippen molar-refractivity contribution in [2.24, 2.45) is 11.5 Å². The van der Waals surface area contributed by atoms with Crippen LogP contribution in [0.5, 0.6) is 11.5 Å². The van der Waals surface area contributed by atoms with Crippen LogP contribution >= 0.6 is 11.3 Å². The van der Waals surface area contributed by atoms with Crippen molar-refractivity contribution in [3.8, 4) is 11.5 Å². The summed E-state index contributed by atoms with van der Waals surface area (Å²) in [4.78, 5) is 33.3. The van der Waals surface area contributed by atoms with E-state index in [9.17, 15) is 14.7 Å². The number of nitrogens with two attached hydrogens (primary N) is 3. The number of aromatic nitrogens is 2. The van der Waals surface area contributed by atoms with E-state index >= 15 is 0 Å². The normalized spacial score (nSPS) is 19.6. The standard InChI is InChI=1S/C23H19N5O4S/c1-10-6-11(32-12-7-27-9-28-8-12)2-3-13(10)23(26)14-4-5-15(24)19-16(14)17(18(25)21(23)29)20(33-19)22(30)31/h2-9,18H,24-26H2,1H3,(H,30,31). The van der Waals surface area contributed by atoms with Gasteiger partial charge in [-0.25, -0.2) is 14.8 Å². The SMILES string of the molecule is Cc1cc(Oc2cncnc2)ccc1C1(N)C(=O)C(N)c2c(C(=O)O)sc3c(N)ccc1c23. The molecule has 0 aliphatic heterocycles. The van der Waals surface area contributed by atoms with Crippen LogP contribution in [0.15, 0.2) is 49.1 Å². The number of ether oxygens (including phenoxy) is 1. The highest BCUT2D eigenvalue weighted by Gasteiger charge is 2.49. The number of benzene rings is 2. The van der Waals surface area contributed by atoms with Gasteiger partial charge in [-0.2, -0.15) is 0 Å². The number of rotatable bonds is 4. The third-order valence-electron chi connectivity index (χ3n) is 5.90. The van der Waals surface area contributed by atoms with Crippen molar-refractivity contribution in [3.05, 3.63) is 76.2 Å². The Kier molecular flexibility index (Phi) is 4.67. The lowest BCUT2D eigenvalue weighted by Crippen LogP contribution is -2.52. The second kappa shape index (κ2) is 7.34. The molecule has 0 amide bonds. The Balaban J connectivity index is 1.70. The number of thiophene rings is 1. The van der Waals surface area contributed by atoms with Crippen molar-refractivity contribution < 1.29 is 19.4 Å². The molecule has 0 bridgehead atoms. The van der Waals surface area contributed by atoms with Crippen LogP contribution in [0.3, 0.4) is 0 Å². The first kappa shape index (κ1) is 21.0. The molecule has 0 fully saturated rings. The molecule has 2 atom stereocenters. The van der Waals surface area contributed by atoms with Crippen LogP contribution in [0.25, 0.3) is 10.1 Å². The summed E-state index contributed by atoms with van der Waals surface area (Å²) in [7, 11) is 0. The molecule has 0 spiro atoms. The lowest BCUT2D eigenvalue weighted by atomic mass is 9.69. The fraction of sp³-hybridized carbons (Fsp3) is 0.130. The zero-order valence-electron chi connectivity index (χ0n) is 17.4. The number of aryl methyl sites for hydroxylation is 1. The van der Waals surface area contributed by atoms with Gasteiger partial charge in [-0.1, -0.05) is 12.1 Å². The number of carboxylic acid groups (broad SMARTS) is 1. The Labute approximate surface area is 191 Å². The summed E-state index contributed by atoms with van der Waals surface area (Å²) >= 11 is 1.00. The molecule has 5 rings (SSSR count). The summed E-state index contributed by atoms with van der Waals surface area (Å²) in [5.74, 6) is -0.664. The zero-order valence-corrected chi connectivity index (χ0v) is 18.2. The number of ketones is 1. The number of carboxylic acids is 1. The highest BCUT2D eigenvalue weighted by molar-refractivity contribution is 7.21. The zero-order chi connectivity index (χ0) is 23.5. The van der Waals surface area contributed by atoms with Crippen LogP contribution < -0.4 is 21.9 Å². The van der Waals surface area contributed by atoms with E-state index in [1.54, 1.807) is 30.3 Å². The van der Waals surface area contributed by atoms with Crippen molar-refractivity contribution in [3.63, 3.8) is 0 Å². The van der Waals surface area contributed by atoms with Crippen LogP contribution in [0.1, 0.15) is 38.0 Å². The molecule has 9 nitrogen and oxygen atoms in total. The van der Waals surface area contributed by atoms with Gasteiger partial charge in [-0.05, 0) is 41.8 Å². The van der Waals surface area contributed by atoms with E-state index in [2.05, 4.69) is 9.97 Å². The van der Waals surface area contributed by atoms with Crippen LogP contribution in [0, 0.1) is 6.92 Å². The molecule has 1 aliphatic rings. The number of aromatic carboxylic acids is 1. The van der Waals surface area contributed by atoms with Gasteiger partial charge >= 0.3 is 5.97 Å². The van der Waals surface area contributed by atoms with Gasteiger partial charge in [0.05, 0.1) is 23.1 Å². The maximum Gasteiger partial charge on any atom is 0.346 e. The third-order valence-corrected chi connectivity index (χ3v) is 7.15. The lowest BCUT2D eigenvalue weighted by molar-refractivity contribution is -0.124. The summed E-state index contributed by atoms with van der Waals surface area (Å²) in [6.07, 6.45) is 4.47. The van der Waals surface area contributed by atoms with Gasteiger partial charge in [0.15, 0.2) is 11.5 Å². The predicted molar refractivity (Wildman–Crippen MR) is 123 cm³/mol. The van der Waals surface area contributed by atoms with E-state index in [0.29, 0.717) is 44.0 Å². The number of anilines is 1. The average Bonchev–Trinajstić information content (AvgIpc) is 3.20. The van der Waals surface area contributed by atoms with Crippen molar-refractivity contribution in [1.82, 2.24) is 9.97 Å². The fourth-order valence-corrected chi connectivity index (χ4v) is 5.57. The largest absolute Gasteiger partial charge is 0.477 e. The van der Waals surface area contributed by atoms with Crippen LogP contribution in [0.2, 0.25) is 0 Å². The summed E-state index contributed by atoms with van der Waals surface area (Å²) in [6.45, 7) is 1.82. The van der Waals surface area contributed by atoms with Gasteiger partial charge in [0.2, 0.25) is 0 Å². The summed E-state index contributed by atoms with van der Waals surface area (Å²) in [6, 6.07) is 7.28. The molecule has 166 valence electrons. The van der Waals surface area contributed by atoms with Crippen LogP contribution in [-0.4, -0.2) is 26.8 Å². The molecule has 0 saturated carbocycles. The Morgan fingerprint density at radius 1 is 1.15 bits per heavy atom. The van der Waals surface area contributed by atoms with Crippen molar-refractivity contribution in [1.29, 1.82) is 0 Å². The van der Waals surface area contributed by atoms with E-state index in [-0.39, 0.29) is 10.4 Å². The molecule has 2 aromatic carbocycles. The molecule has 10 heteroatoms. The first-order chi connectivity index (χ1) is 15.7. The van der Waals surface area contributed by atoms with E-state index < -0.39 is 23.3 Å². The van der Waals surface area contributed by atoms with Crippen LogP contribution in [0.4, 0.5) is 5.69 Å². The highest BCUT2D eigenvalue weighted by Crippen LogP contribution is 2.50. The maximum atomic E-state index is 13.6. The minimum atomic E-state index is -1.59. The summed E-state index contributed by atoms with van der Waals surface area (Å²) < 4.78 is 6.34. The molecule has 0 radical (unpaired) electrons. The van der Waals surface area contributed by atoms with Gasteiger partial charge in [0, 0.05) is 16.6 Å². The average molecular weight is 462 g/mol. The Bertz CT molecular complexity index is 1450. The second-order valence-electron chi connectivity index (χ2n) is 7.86. The molecule has 2 unspecified atom stereocenters. The van der Waals surface area contributed by atoms with Gasteiger partial charge in [-0.15, -0.1) is 11.3 Å². The number of carbonyl (C=O) groups excluding carboxylic acids is 1. The van der Waals surface area contributed by atoms with E-state index in [1.807, 2.05) is 6.92 Å². The monoisotopic (exact) mass is 461 g/mol. The van der Waals surface area contributed by atoms with Gasteiger partial charge < -0.3 is 27.0 Å². The third kappa shape index (κ3) is 2.99. The first-order valence-corrected chi connectivity index (χ1v) is 10.8. The topological polar surface area (TPSA) is 167 Å². The minimum Gasteiger partial charge on any atom is -0.477 e. The molecule has 1 aliphatic carbocycles. The Morgan fingerprint density at radius 2 is 1.85 bits per heavy atom. The number of Topliss-reactive ketones (excluding diaryl/α,β-unsaturated/α-hetero) is 1. The smallest absolute Gasteiger partial charge is 0.346 e. The molecule has 2 aromatic heterocycles. The Morgan fingerprint density at radius 3 is 2.52 bits per heavy atom. The quantitative estimate of drug-likeness (QED) is 0.334. The summed E-state index contributed by atoms with van der Waals surface area (Å²) in [5.41, 5.74) is 20.1. The predicted octanol–water partition coefficient (Wildman–Crippen LogP) is 2.86. The van der Waals surface area contributed by atoms with Crippen molar-refractivity contribution >= 4 is 38.9 Å². The van der Waals surface area contributed by atoms with Gasteiger partial charge in [-0.3, -0.25) is 4.79 Å². The Hall–Kier alpha value is -3.86. The maximum absolute atomic E-state index is 13.6. The fourth-order valence-electron chi connectivity index (χ4n) is 4.43. The molecular weight excluding hydrogens is 442 g/mol. The second-order valence-corrected chi connectivity index (χ2v) is 8.88. The van der Waals surface area contributed by atoms with Gasteiger partial charge in [0.1, 0.15) is 22.5 Å². The molecule has 4 aromatic rings. The molecule has 2 heterocycles. The van der Waals surface area contributed by atoms with E-state index in [4.69, 9.17) is 21.9 Å². The molecule has 33 heavy (non-hydrogen) atoms. The van der Waals surface area contributed by atoms with Crippen molar-refractivity contribution in [2.45, 2.75) is 18.5 Å². The van der Waals surface area contributed by atoms with Crippen LogP contribution in [-0.2, 0) is 10.3 Å². The summed E-state index contributed by atoms with van der Waals surface area (Å²) in [5, 5.41) is 10.2. The number of nitrogen functional groups attached to an aromatic ring is 1. The highest BCUT2D eigenvalue weighted by atomic mass is 32.1. The number of hydrogen-bond donors (Lipinski definition) is 4.